The lowest BCUT2D eigenvalue weighted by atomic mass is 10.4. The van der Waals surface area contributed by atoms with Crippen LogP contribution in [-0.4, -0.2) is 47.0 Å². The molecule has 0 bridgehead atoms. The Balaban J connectivity index is 2.70. The number of nitrogens with zero attached hydrogens (tertiary/aromatic N) is 2. The van der Waals surface area contributed by atoms with Crippen LogP contribution in [0.5, 0.6) is 0 Å². The van der Waals surface area contributed by atoms with E-state index in [1.807, 2.05) is 4.72 Å². The molecule has 1 rings (SSSR count). The number of carbonyl (C=O) groups is 1. The number of hydrogen-bond donors (Lipinski definition) is 3. The summed E-state index contributed by atoms with van der Waals surface area (Å²) in [5.41, 5.74) is 0. The van der Waals surface area contributed by atoms with Crippen molar-refractivity contribution in [2.24, 2.45) is 7.05 Å². The summed E-state index contributed by atoms with van der Waals surface area (Å²) in [6.07, 6.45) is 0.608. The van der Waals surface area contributed by atoms with Gasteiger partial charge in [0, 0.05) is 19.8 Å². The minimum absolute atomic E-state index is 0.0902. The van der Waals surface area contributed by atoms with E-state index in [2.05, 4.69) is 5.10 Å². The molecule has 0 aliphatic carbocycles. The largest absolute Gasteiger partial charge is 0.479 e. The van der Waals surface area contributed by atoms with Crippen molar-refractivity contribution in [3.8, 4) is 0 Å². The first-order chi connectivity index (χ1) is 7.33. The van der Waals surface area contributed by atoms with Gasteiger partial charge in [0.25, 0.3) is 0 Å². The van der Waals surface area contributed by atoms with Gasteiger partial charge < -0.3 is 10.2 Å². The standard InChI is InChI=1S/C7H11N3O5S/c1-10-4-5(2-8-10)16(14,15)9-3-6(11)7(12)13/h2,4,6,9,11H,3H2,1H3,(H,12,13). The second-order valence-electron chi connectivity index (χ2n) is 3.06. The number of hydrogen-bond acceptors (Lipinski definition) is 5. The Morgan fingerprint density at radius 3 is 2.75 bits per heavy atom. The number of aromatic nitrogens is 2. The van der Waals surface area contributed by atoms with Crippen LogP contribution < -0.4 is 4.72 Å². The Labute approximate surface area is 91.6 Å². The lowest BCUT2D eigenvalue weighted by Crippen LogP contribution is -2.36. The molecule has 0 aromatic carbocycles. The second kappa shape index (κ2) is 4.60. The van der Waals surface area contributed by atoms with Crippen molar-refractivity contribution >= 4 is 16.0 Å². The minimum Gasteiger partial charge on any atom is -0.479 e. The third-order valence-electron chi connectivity index (χ3n) is 1.74. The topological polar surface area (TPSA) is 122 Å². The van der Waals surface area contributed by atoms with Crippen LogP contribution in [0.25, 0.3) is 0 Å². The molecule has 16 heavy (non-hydrogen) atoms. The van der Waals surface area contributed by atoms with Crippen LogP contribution in [0, 0.1) is 0 Å². The maximum atomic E-state index is 11.5. The summed E-state index contributed by atoms with van der Waals surface area (Å²) in [5.74, 6) is -1.49. The van der Waals surface area contributed by atoms with Crippen molar-refractivity contribution in [2.45, 2.75) is 11.0 Å². The maximum absolute atomic E-state index is 11.5. The fourth-order valence-corrected chi connectivity index (χ4v) is 1.92. The predicted octanol–water partition coefficient (Wildman–Crippen LogP) is -1.86. The molecule has 0 spiro atoms. The van der Waals surface area contributed by atoms with E-state index in [9.17, 15) is 13.2 Å². The first-order valence-corrected chi connectivity index (χ1v) is 5.70. The maximum Gasteiger partial charge on any atom is 0.333 e. The molecule has 0 amide bonds. The molecule has 0 fully saturated rings. The lowest BCUT2D eigenvalue weighted by molar-refractivity contribution is -0.146. The number of sulfonamides is 1. The lowest BCUT2D eigenvalue weighted by Gasteiger charge is -2.06. The molecule has 0 saturated heterocycles. The molecule has 1 aromatic rings. The summed E-state index contributed by atoms with van der Waals surface area (Å²) >= 11 is 0. The monoisotopic (exact) mass is 249 g/mol. The van der Waals surface area contributed by atoms with Crippen LogP contribution in [0.15, 0.2) is 17.3 Å². The molecule has 1 aromatic heterocycles. The number of aryl methyl sites for hydroxylation is 1. The van der Waals surface area contributed by atoms with Gasteiger partial charge in [0.05, 0.1) is 6.20 Å². The van der Waals surface area contributed by atoms with Crippen LogP contribution in [0.3, 0.4) is 0 Å². The van der Waals surface area contributed by atoms with Crippen LogP contribution in [0.1, 0.15) is 0 Å². The van der Waals surface area contributed by atoms with E-state index in [-0.39, 0.29) is 4.90 Å². The molecule has 3 N–H and O–H groups in total. The van der Waals surface area contributed by atoms with Gasteiger partial charge >= 0.3 is 5.97 Å². The quantitative estimate of drug-likeness (QED) is 0.563. The number of rotatable bonds is 5. The highest BCUT2D eigenvalue weighted by Gasteiger charge is 2.20. The van der Waals surface area contributed by atoms with Gasteiger partial charge in [-0.2, -0.15) is 5.10 Å². The fourth-order valence-electron chi connectivity index (χ4n) is 0.897. The zero-order valence-electron chi connectivity index (χ0n) is 8.36. The molecular formula is C7H11N3O5S. The van der Waals surface area contributed by atoms with Crippen LogP contribution in [0.2, 0.25) is 0 Å². The predicted molar refractivity (Wildman–Crippen MR) is 52.0 cm³/mol. The van der Waals surface area contributed by atoms with Crippen molar-refractivity contribution in [2.75, 3.05) is 6.54 Å². The highest BCUT2D eigenvalue weighted by molar-refractivity contribution is 7.89. The molecule has 0 aliphatic rings. The Kier molecular flexibility index (Phi) is 3.62. The number of carboxylic acids is 1. The average Bonchev–Trinajstić information content (AvgIpc) is 2.61. The Bertz CT molecular complexity index is 480. The average molecular weight is 249 g/mol. The molecule has 8 nitrogen and oxygen atoms in total. The van der Waals surface area contributed by atoms with Gasteiger partial charge in [0.1, 0.15) is 4.90 Å². The highest BCUT2D eigenvalue weighted by atomic mass is 32.2. The van der Waals surface area contributed by atoms with E-state index in [1.54, 1.807) is 7.05 Å². The van der Waals surface area contributed by atoms with Crippen molar-refractivity contribution in [3.05, 3.63) is 12.4 Å². The smallest absolute Gasteiger partial charge is 0.333 e. The van der Waals surface area contributed by atoms with Crippen LogP contribution in [0.4, 0.5) is 0 Å². The Morgan fingerprint density at radius 2 is 2.31 bits per heavy atom. The molecule has 0 saturated carbocycles. The molecule has 9 heteroatoms. The summed E-state index contributed by atoms with van der Waals surface area (Å²) in [6, 6.07) is 0. The van der Waals surface area contributed by atoms with Gasteiger partial charge in [-0.3, -0.25) is 4.68 Å². The summed E-state index contributed by atoms with van der Waals surface area (Å²) < 4.78 is 26.3. The molecule has 90 valence electrons. The van der Waals surface area contributed by atoms with E-state index >= 15 is 0 Å². The fraction of sp³-hybridized carbons (Fsp3) is 0.429. The zero-order chi connectivity index (χ0) is 12.3. The molecule has 0 radical (unpaired) electrons. The number of aliphatic carboxylic acids is 1. The molecule has 1 heterocycles. The number of nitrogens with one attached hydrogen (secondary N) is 1. The molecule has 1 unspecified atom stereocenters. The Hall–Kier alpha value is -1.45. The molecule has 0 aliphatic heterocycles. The summed E-state index contributed by atoms with van der Waals surface area (Å²) in [5, 5.41) is 20.9. The van der Waals surface area contributed by atoms with E-state index in [0.29, 0.717) is 0 Å². The highest BCUT2D eigenvalue weighted by Crippen LogP contribution is 2.05. The third-order valence-corrected chi connectivity index (χ3v) is 3.12. The van der Waals surface area contributed by atoms with Crippen LogP contribution >= 0.6 is 0 Å². The number of aliphatic hydroxyl groups is 1. The van der Waals surface area contributed by atoms with Crippen LogP contribution in [-0.2, 0) is 21.9 Å². The van der Waals surface area contributed by atoms with E-state index in [1.165, 1.54) is 10.9 Å². The number of carboxylic acid groups (broad SMARTS) is 1. The first kappa shape index (κ1) is 12.6. The first-order valence-electron chi connectivity index (χ1n) is 4.22. The third kappa shape index (κ3) is 3.02. The second-order valence-corrected chi connectivity index (χ2v) is 4.82. The van der Waals surface area contributed by atoms with Gasteiger partial charge in [-0.15, -0.1) is 0 Å². The van der Waals surface area contributed by atoms with Gasteiger partial charge in [-0.25, -0.2) is 17.9 Å². The summed E-state index contributed by atoms with van der Waals surface area (Å²) in [7, 11) is -2.28. The summed E-state index contributed by atoms with van der Waals surface area (Å²) in [4.78, 5) is 10.2. The normalized spacial score (nSPS) is 13.6. The van der Waals surface area contributed by atoms with Gasteiger partial charge in [0.2, 0.25) is 10.0 Å². The van der Waals surface area contributed by atoms with Gasteiger partial charge in [0.15, 0.2) is 6.10 Å². The minimum atomic E-state index is -3.82. The molecule has 1 atom stereocenters. The Morgan fingerprint density at radius 1 is 1.69 bits per heavy atom. The van der Waals surface area contributed by atoms with Crippen molar-refractivity contribution in [3.63, 3.8) is 0 Å². The molecular weight excluding hydrogens is 238 g/mol. The van der Waals surface area contributed by atoms with Crippen molar-refractivity contribution < 1.29 is 23.4 Å². The zero-order valence-corrected chi connectivity index (χ0v) is 9.18. The number of aliphatic hydroxyl groups excluding tert-OH is 1. The van der Waals surface area contributed by atoms with Gasteiger partial charge in [-0.05, 0) is 0 Å². The van der Waals surface area contributed by atoms with E-state index < -0.39 is 28.6 Å². The SMILES string of the molecule is Cn1cc(S(=O)(=O)NCC(O)C(=O)O)cn1. The van der Waals surface area contributed by atoms with Gasteiger partial charge in [-0.1, -0.05) is 0 Å². The van der Waals surface area contributed by atoms with Crippen molar-refractivity contribution in [1.29, 1.82) is 0 Å². The van der Waals surface area contributed by atoms with E-state index in [0.717, 1.165) is 6.20 Å². The van der Waals surface area contributed by atoms with E-state index in [4.69, 9.17) is 10.2 Å². The van der Waals surface area contributed by atoms with Crippen molar-refractivity contribution in [1.82, 2.24) is 14.5 Å². The summed E-state index contributed by atoms with van der Waals surface area (Å²) in [6.45, 7) is -0.591.